The summed E-state index contributed by atoms with van der Waals surface area (Å²) in [4.78, 5) is 26.3. The zero-order chi connectivity index (χ0) is 14.2. The van der Waals surface area contributed by atoms with Gasteiger partial charge in [-0.1, -0.05) is 6.07 Å². The van der Waals surface area contributed by atoms with Gasteiger partial charge in [-0.3, -0.25) is 9.59 Å². The molecule has 21 heavy (non-hydrogen) atoms. The van der Waals surface area contributed by atoms with Gasteiger partial charge in [-0.15, -0.1) is 12.4 Å². The number of halogens is 1. The summed E-state index contributed by atoms with van der Waals surface area (Å²) < 4.78 is 5.16. The second-order valence-electron chi connectivity index (χ2n) is 5.47. The Bertz CT molecular complexity index is 556. The minimum Gasteiger partial charge on any atom is -0.497 e. The van der Waals surface area contributed by atoms with Crippen LogP contribution >= 0.6 is 12.4 Å². The Kier molecular flexibility index (Phi) is 4.54. The van der Waals surface area contributed by atoms with Crippen LogP contribution in [0.25, 0.3) is 0 Å². The lowest BCUT2D eigenvalue weighted by Gasteiger charge is -2.31. The summed E-state index contributed by atoms with van der Waals surface area (Å²) in [6.45, 7) is 1.51. The van der Waals surface area contributed by atoms with E-state index in [0.29, 0.717) is 24.4 Å². The van der Waals surface area contributed by atoms with Crippen molar-refractivity contribution in [2.24, 2.45) is 5.41 Å². The molecule has 2 saturated heterocycles. The second-order valence-corrected chi connectivity index (χ2v) is 5.47. The number of carbonyl (C=O) groups excluding carboxylic acids is 2. The molecule has 6 heteroatoms. The third-order valence-electron chi connectivity index (χ3n) is 4.18. The molecule has 2 aliphatic rings. The van der Waals surface area contributed by atoms with E-state index < -0.39 is 5.41 Å². The molecular weight excluding hydrogens is 292 g/mol. The summed E-state index contributed by atoms with van der Waals surface area (Å²) in [6, 6.07) is 7.09. The largest absolute Gasteiger partial charge is 0.497 e. The smallest absolute Gasteiger partial charge is 0.241 e. The van der Waals surface area contributed by atoms with Gasteiger partial charge in [0.05, 0.1) is 18.2 Å². The third kappa shape index (κ3) is 2.63. The molecule has 0 radical (unpaired) electrons. The Morgan fingerprint density at radius 3 is 2.81 bits per heavy atom. The molecule has 1 aromatic rings. The summed E-state index contributed by atoms with van der Waals surface area (Å²) in [5.41, 5.74) is 0.0556. The van der Waals surface area contributed by atoms with Crippen LogP contribution in [0.1, 0.15) is 19.3 Å². The number of ether oxygens (including phenoxy) is 1. The predicted molar refractivity (Wildman–Crippen MR) is 81.9 cm³/mol. The molecule has 3 rings (SSSR count). The maximum atomic E-state index is 12.7. The summed E-state index contributed by atoms with van der Waals surface area (Å²) in [6.07, 6.45) is 2.02. The Morgan fingerprint density at radius 1 is 1.33 bits per heavy atom. The molecule has 2 aliphatic heterocycles. The van der Waals surface area contributed by atoms with Gasteiger partial charge < -0.3 is 10.1 Å². The lowest BCUT2D eigenvalue weighted by molar-refractivity contribution is -0.126. The summed E-state index contributed by atoms with van der Waals surface area (Å²) in [7, 11) is 1.57. The number of benzene rings is 1. The molecule has 0 aliphatic carbocycles. The van der Waals surface area contributed by atoms with E-state index in [9.17, 15) is 9.59 Å². The van der Waals surface area contributed by atoms with Gasteiger partial charge in [-0.25, -0.2) is 4.90 Å². The Hall–Kier alpha value is -1.59. The molecule has 1 unspecified atom stereocenters. The fourth-order valence-corrected chi connectivity index (χ4v) is 3.11. The van der Waals surface area contributed by atoms with E-state index in [4.69, 9.17) is 4.74 Å². The van der Waals surface area contributed by atoms with Gasteiger partial charge in [0.15, 0.2) is 0 Å². The van der Waals surface area contributed by atoms with Gasteiger partial charge in [0, 0.05) is 19.0 Å². The third-order valence-corrected chi connectivity index (χ3v) is 4.18. The average molecular weight is 311 g/mol. The minimum atomic E-state index is -0.543. The maximum Gasteiger partial charge on any atom is 0.241 e. The van der Waals surface area contributed by atoms with E-state index in [1.807, 2.05) is 0 Å². The van der Waals surface area contributed by atoms with Crippen molar-refractivity contribution in [3.05, 3.63) is 24.3 Å². The van der Waals surface area contributed by atoms with Crippen molar-refractivity contribution in [3.8, 4) is 5.75 Å². The molecule has 1 atom stereocenters. The van der Waals surface area contributed by atoms with Crippen LogP contribution in [0.15, 0.2) is 24.3 Å². The molecule has 2 amide bonds. The first-order chi connectivity index (χ1) is 9.66. The Balaban J connectivity index is 0.00000161. The van der Waals surface area contributed by atoms with Gasteiger partial charge in [0.2, 0.25) is 11.8 Å². The van der Waals surface area contributed by atoms with Crippen LogP contribution in [0.4, 0.5) is 5.69 Å². The van der Waals surface area contributed by atoms with Crippen molar-refractivity contribution in [3.63, 3.8) is 0 Å². The standard InChI is InChI=1S/C15H18N2O3.ClH/c1-20-12-5-2-4-11(8-12)17-13(18)9-15(14(17)19)6-3-7-16-10-15;/h2,4-5,8,16H,3,6-7,9-10H2,1H3;1H. The van der Waals surface area contributed by atoms with Crippen LogP contribution in [0.5, 0.6) is 5.75 Å². The van der Waals surface area contributed by atoms with Crippen LogP contribution in [0, 0.1) is 5.41 Å². The molecular formula is C15H19ClN2O3. The number of nitrogens with zero attached hydrogens (tertiary/aromatic N) is 1. The molecule has 1 N–H and O–H groups in total. The molecule has 0 saturated carbocycles. The van der Waals surface area contributed by atoms with Crippen LogP contribution in [0.2, 0.25) is 0 Å². The zero-order valence-electron chi connectivity index (χ0n) is 11.9. The molecule has 1 spiro atoms. The van der Waals surface area contributed by atoms with E-state index in [-0.39, 0.29) is 24.2 Å². The fourth-order valence-electron chi connectivity index (χ4n) is 3.11. The number of hydrogen-bond donors (Lipinski definition) is 1. The monoisotopic (exact) mass is 310 g/mol. The van der Waals surface area contributed by atoms with Crippen molar-refractivity contribution in [2.75, 3.05) is 25.1 Å². The predicted octanol–water partition coefficient (Wildman–Crippen LogP) is 1.75. The van der Waals surface area contributed by atoms with E-state index in [1.54, 1.807) is 31.4 Å². The van der Waals surface area contributed by atoms with Crippen LogP contribution in [-0.2, 0) is 9.59 Å². The summed E-state index contributed by atoms with van der Waals surface area (Å²) in [5, 5.41) is 3.24. The molecule has 0 aromatic heterocycles. The number of methoxy groups -OCH3 is 1. The number of amides is 2. The van der Waals surface area contributed by atoms with Crippen molar-refractivity contribution in [1.29, 1.82) is 0 Å². The van der Waals surface area contributed by atoms with Gasteiger partial charge >= 0.3 is 0 Å². The van der Waals surface area contributed by atoms with Crippen LogP contribution in [-0.4, -0.2) is 32.0 Å². The second kappa shape index (κ2) is 6.03. The Morgan fingerprint density at radius 2 is 2.14 bits per heavy atom. The highest BCUT2D eigenvalue weighted by atomic mass is 35.5. The topological polar surface area (TPSA) is 58.6 Å². The summed E-state index contributed by atoms with van der Waals surface area (Å²) >= 11 is 0. The number of piperidine rings is 1. The van der Waals surface area contributed by atoms with Crippen molar-refractivity contribution >= 4 is 29.9 Å². The van der Waals surface area contributed by atoms with E-state index >= 15 is 0 Å². The quantitative estimate of drug-likeness (QED) is 0.846. The minimum absolute atomic E-state index is 0. The highest BCUT2D eigenvalue weighted by Crippen LogP contribution is 2.41. The molecule has 2 fully saturated rings. The highest BCUT2D eigenvalue weighted by molar-refractivity contribution is 6.22. The zero-order valence-corrected chi connectivity index (χ0v) is 12.7. The first-order valence-electron chi connectivity index (χ1n) is 6.88. The number of rotatable bonds is 2. The lowest BCUT2D eigenvalue weighted by atomic mass is 9.79. The number of anilines is 1. The maximum absolute atomic E-state index is 12.7. The summed E-state index contributed by atoms with van der Waals surface area (Å²) in [5.74, 6) is 0.445. The number of hydrogen-bond acceptors (Lipinski definition) is 4. The normalized spacial score (nSPS) is 25.1. The van der Waals surface area contributed by atoms with Crippen LogP contribution < -0.4 is 15.0 Å². The van der Waals surface area contributed by atoms with E-state index in [1.165, 1.54) is 4.90 Å². The van der Waals surface area contributed by atoms with Gasteiger partial charge in [0.1, 0.15) is 5.75 Å². The first-order valence-corrected chi connectivity index (χ1v) is 6.88. The number of imide groups is 1. The number of nitrogens with one attached hydrogen (secondary N) is 1. The molecule has 1 aromatic carbocycles. The molecule has 0 bridgehead atoms. The van der Waals surface area contributed by atoms with Gasteiger partial charge in [-0.05, 0) is 31.5 Å². The van der Waals surface area contributed by atoms with E-state index in [2.05, 4.69) is 5.32 Å². The van der Waals surface area contributed by atoms with Crippen molar-refractivity contribution in [2.45, 2.75) is 19.3 Å². The average Bonchev–Trinajstić information content (AvgIpc) is 2.71. The van der Waals surface area contributed by atoms with Gasteiger partial charge in [-0.2, -0.15) is 0 Å². The molecule has 114 valence electrons. The van der Waals surface area contributed by atoms with E-state index in [0.717, 1.165) is 19.4 Å². The SMILES string of the molecule is COc1cccc(N2C(=O)CC3(CCCNC3)C2=O)c1.Cl. The van der Waals surface area contributed by atoms with Gasteiger partial charge in [0.25, 0.3) is 0 Å². The number of carbonyl (C=O) groups is 2. The molecule has 2 heterocycles. The first kappa shape index (κ1) is 15.8. The highest BCUT2D eigenvalue weighted by Gasteiger charge is 2.52. The fraction of sp³-hybridized carbons (Fsp3) is 0.467. The van der Waals surface area contributed by atoms with Crippen molar-refractivity contribution < 1.29 is 14.3 Å². The lowest BCUT2D eigenvalue weighted by Crippen LogP contribution is -2.45. The van der Waals surface area contributed by atoms with Crippen LogP contribution in [0.3, 0.4) is 0 Å². The van der Waals surface area contributed by atoms with Crippen molar-refractivity contribution in [1.82, 2.24) is 5.32 Å². The Labute approximate surface area is 130 Å². The molecule has 5 nitrogen and oxygen atoms in total.